The zero-order valence-corrected chi connectivity index (χ0v) is 13.9. The summed E-state index contributed by atoms with van der Waals surface area (Å²) in [6.07, 6.45) is 1.12. The van der Waals surface area contributed by atoms with Crippen molar-refractivity contribution in [2.24, 2.45) is 11.7 Å². The fraction of sp³-hybridized carbons (Fsp3) is 0.412. The fourth-order valence-electron chi connectivity index (χ4n) is 2.61. The minimum Gasteiger partial charge on any atom is -0.389 e. The van der Waals surface area contributed by atoms with Crippen LogP contribution in [0, 0.1) is 5.92 Å². The summed E-state index contributed by atoms with van der Waals surface area (Å²) in [4.78, 5) is 7.38. The number of rotatable bonds is 5. The van der Waals surface area contributed by atoms with Gasteiger partial charge < -0.3 is 10.6 Å². The van der Waals surface area contributed by atoms with E-state index in [1.165, 1.54) is 0 Å². The van der Waals surface area contributed by atoms with Gasteiger partial charge in [0, 0.05) is 24.0 Å². The van der Waals surface area contributed by atoms with E-state index >= 15 is 0 Å². The van der Waals surface area contributed by atoms with E-state index in [0.29, 0.717) is 16.9 Å². The van der Waals surface area contributed by atoms with Crippen LogP contribution < -0.4 is 10.6 Å². The average Bonchev–Trinajstić information content (AvgIpc) is 2.44. The average molecular weight is 301 g/mol. The summed E-state index contributed by atoms with van der Waals surface area (Å²) in [5.41, 5.74) is 7.72. The van der Waals surface area contributed by atoms with Crippen LogP contribution in [0.15, 0.2) is 30.3 Å². The van der Waals surface area contributed by atoms with Crippen LogP contribution in [-0.4, -0.2) is 23.1 Å². The molecule has 1 atom stereocenters. The number of hydrogen-bond donors (Lipinski definition) is 1. The van der Waals surface area contributed by atoms with Gasteiger partial charge in [-0.15, -0.1) is 0 Å². The summed E-state index contributed by atoms with van der Waals surface area (Å²) < 4.78 is 0. The second-order valence-corrected chi connectivity index (χ2v) is 6.44. The third-order valence-electron chi connectivity index (χ3n) is 3.80. The van der Waals surface area contributed by atoms with Gasteiger partial charge in [0.05, 0.1) is 5.52 Å². The molecule has 4 heteroatoms. The van der Waals surface area contributed by atoms with Gasteiger partial charge in [-0.1, -0.05) is 44.3 Å². The minimum atomic E-state index is 0.415. The predicted molar refractivity (Wildman–Crippen MR) is 95.0 cm³/mol. The molecule has 0 saturated heterocycles. The van der Waals surface area contributed by atoms with Crippen LogP contribution in [0.5, 0.6) is 0 Å². The number of nitrogens with zero attached hydrogens (tertiary/aromatic N) is 2. The highest BCUT2D eigenvalue weighted by Gasteiger charge is 2.15. The first-order valence-corrected chi connectivity index (χ1v) is 7.73. The Kier molecular flexibility index (Phi) is 4.78. The largest absolute Gasteiger partial charge is 0.389 e. The topological polar surface area (TPSA) is 42.1 Å². The first-order valence-electron chi connectivity index (χ1n) is 7.32. The normalized spacial score (nSPS) is 12.6. The van der Waals surface area contributed by atoms with E-state index in [4.69, 9.17) is 22.9 Å². The first kappa shape index (κ1) is 15.7. The molecule has 2 rings (SSSR count). The summed E-state index contributed by atoms with van der Waals surface area (Å²) in [5.74, 6) is 1.57. The molecule has 0 bridgehead atoms. The molecule has 0 amide bonds. The van der Waals surface area contributed by atoms with Crippen molar-refractivity contribution in [3.05, 3.63) is 35.9 Å². The molecular formula is C17H23N3S. The van der Waals surface area contributed by atoms with Gasteiger partial charge in [-0.25, -0.2) is 4.98 Å². The Morgan fingerprint density at radius 2 is 1.95 bits per heavy atom. The molecule has 0 aliphatic carbocycles. The van der Waals surface area contributed by atoms with E-state index in [0.717, 1.165) is 28.7 Å². The standard InChI is InChI=1S/C17H23N3S/c1-11(2)9-12(3)20(4)16-10-14(17(18)21)13-7-5-6-8-15(13)19-16/h5-8,10-12H,9H2,1-4H3,(H2,18,21). The predicted octanol–water partition coefficient (Wildman–Crippen LogP) is 3.74. The molecule has 0 saturated carbocycles. The number of aromatic nitrogens is 1. The highest BCUT2D eigenvalue weighted by molar-refractivity contribution is 7.80. The molecule has 3 nitrogen and oxygen atoms in total. The van der Waals surface area contributed by atoms with Gasteiger partial charge in [0.1, 0.15) is 10.8 Å². The summed E-state index contributed by atoms with van der Waals surface area (Å²) in [7, 11) is 2.08. The van der Waals surface area contributed by atoms with Crippen LogP contribution in [0.4, 0.5) is 5.82 Å². The van der Waals surface area contributed by atoms with Gasteiger partial charge in [0.15, 0.2) is 0 Å². The number of anilines is 1. The maximum atomic E-state index is 5.89. The van der Waals surface area contributed by atoms with Gasteiger partial charge >= 0.3 is 0 Å². The van der Waals surface area contributed by atoms with Crippen molar-refractivity contribution >= 4 is 33.9 Å². The van der Waals surface area contributed by atoms with Crippen LogP contribution in [0.2, 0.25) is 0 Å². The second-order valence-electron chi connectivity index (χ2n) is 6.00. The number of benzene rings is 1. The molecule has 21 heavy (non-hydrogen) atoms. The van der Waals surface area contributed by atoms with E-state index in [2.05, 4.69) is 32.7 Å². The zero-order valence-electron chi connectivity index (χ0n) is 13.1. The maximum Gasteiger partial charge on any atom is 0.129 e. The van der Waals surface area contributed by atoms with Crippen LogP contribution in [0.25, 0.3) is 10.9 Å². The molecule has 112 valence electrons. The Morgan fingerprint density at radius 1 is 1.29 bits per heavy atom. The lowest BCUT2D eigenvalue weighted by molar-refractivity contribution is 0.502. The third kappa shape index (κ3) is 3.50. The maximum absolute atomic E-state index is 5.89. The molecular weight excluding hydrogens is 278 g/mol. The number of thiocarbonyl (C=S) groups is 1. The molecule has 2 aromatic rings. The number of para-hydroxylation sites is 1. The highest BCUT2D eigenvalue weighted by atomic mass is 32.1. The van der Waals surface area contributed by atoms with Crippen molar-refractivity contribution in [3.63, 3.8) is 0 Å². The number of nitrogens with two attached hydrogens (primary N) is 1. The lowest BCUT2D eigenvalue weighted by atomic mass is 10.0. The quantitative estimate of drug-likeness (QED) is 0.854. The van der Waals surface area contributed by atoms with E-state index in [1.807, 2.05) is 30.3 Å². The molecule has 1 aromatic heterocycles. The van der Waals surface area contributed by atoms with Crippen LogP contribution >= 0.6 is 12.2 Å². The van der Waals surface area contributed by atoms with Crippen molar-refractivity contribution in [2.75, 3.05) is 11.9 Å². The minimum absolute atomic E-state index is 0.415. The lowest BCUT2D eigenvalue weighted by Gasteiger charge is -2.28. The van der Waals surface area contributed by atoms with Crippen molar-refractivity contribution in [2.45, 2.75) is 33.2 Å². The van der Waals surface area contributed by atoms with Gasteiger partial charge in [-0.05, 0) is 31.4 Å². The Hall–Kier alpha value is -1.68. The van der Waals surface area contributed by atoms with Crippen molar-refractivity contribution in [1.29, 1.82) is 0 Å². The fourth-order valence-corrected chi connectivity index (χ4v) is 2.78. The molecule has 1 heterocycles. The molecule has 0 aliphatic heterocycles. The van der Waals surface area contributed by atoms with Crippen molar-refractivity contribution < 1.29 is 0 Å². The second kappa shape index (κ2) is 6.39. The molecule has 2 N–H and O–H groups in total. The molecule has 0 aliphatic rings. The van der Waals surface area contributed by atoms with Crippen LogP contribution in [-0.2, 0) is 0 Å². The van der Waals surface area contributed by atoms with Gasteiger partial charge in [0.2, 0.25) is 0 Å². The third-order valence-corrected chi connectivity index (χ3v) is 4.02. The number of pyridine rings is 1. The summed E-state index contributed by atoms with van der Waals surface area (Å²) >= 11 is 5.20. The van der Waals surface area contributed by atoms with Gasteiger partial charge in [-0.3, -0.25) is 0 Å². The van der Waals surface area contributed by atoms with E-state index in [-0.39, 0.29) is 0 Å². The number of fused-ring (bicyclic) bond motifs is 1. The van der Waals surface area contributed by atoms with Gasteiger partial charge in [0.25, 0.3) is 0 Å². The number of hydrogen-bond acceptors (Lipinski definition) is 3. The first-order chi connectivity index (χ1) is 9.90. The molecule has 1 unspecified atom stereocenters. The van der Waals surface area contributed by atoms with Crippen LogP contribution in [0.3, 0.4) is 0 Å². The van der Waals surface area contributed by atoms with Crippen LogP contribution in [0.1, 0.15) is 32.8 Å². The SMILES string of the molecule is CC(C)CC(C)N(C)c1cc(C(N)=S)c2ccccc2n1. The monoisotopic (exact) mass is 301 g/mol. The Bertz CT molecular complexity index is 652. The van der Waals surface area contributed by atoms with E-state index in [9.17, 15) is 0 Å². The van der Waals surface area contributed by atoms with E-state index < -0.39 is 0 Å². The summed E-state index contributed by atoms with van der Waals surface area (Å²) in [6, 6.07) is 10.4. The summed E-state index contributed by atoms with van der Waals surface area (Å²) in [6.45, 7) is 6.69. The molecule has 0 radical (unpaired) electrons. The Labute approximate surface area is 132 Å². The molecule has 0 spiro atoms. The molecule has 0 fully saturated rings. The Morgan fingerprint density at radius 3 is 2.57 bits per heavy atom. The highest BCUT2D eigenvalue weighted by Crippen LogP contribution is 2.24. The van der Waals surface area contributed by atoms with Crippen molar-refractivity contribution in [1.82, 2.24) is 4.98 Å². The lowest BCUT2D eigenvalue weighted by Crippen LogP contribution is -2.31. The van der Waals surface area contributed by atoms with E-state index in [1.54, 1.807) is 0 Å². The summed E-state index contributed by atoms with van der Waals surface area (Å²) in [5, 5.41) is 1.01. The molecule has 1 aromatic carbocycles. The van der Waals surface area contributed by atoms with Gasteiger partial charge in [-0.2, -0.15) is 0 Å². The Balaban J connectivity index is 2.47. The zero-order chi connectivity index (χ0) is 15.6. The smallest absolute Gasteiger partial charge is 0.129 e. The van der Waals surface area contributed by atoms with Crippen molar-refractivity contribution in [3.8, 4) is 0 Å².